The minimum absolute atomic E-state index is 0.454. The van der Waals surface area contributed by atoms with Crippen molar-refractivity contribution < 1.29 is 0 Å². The Kier molecular flexibility index (Phi) is 5.48. The van der Waals surface area contributed by atoms with Gasteiger partial charge in [0.2, 0.25) is 0 Å². The third-order valence-corrected chi connectivity index (χ3v) is 3.80. The highest BCUT2D eigenvalue weighted by atomic mass is 32.1. The summed E-state index contributed by atoms with van der Waals surface area (Å²) in [5, 5.41) is 12.1. The van der Waals surface area contributed by atoms with Crippen LogP contribution < -0.4 is 10.7 Å². The lowest BCUT2D eigenvalue weighted by Crippen LogP contribution is -2.28. The monoisotopic (exact) mass is 350 g/mol. The van der Waals surface area contributed by atoms with Crippen LogP contribution in [0, 0.1) is 0 Å². The Bertz CT molecular complexity index is 858. The van der Waals surface area contributed by atoms with Crippen LogP contribution in [0.3, 0.4) is 0 Å². The number of nitrogens with one attached hydrogen (secondary N) is 2. The molecule has 2 aromatic heterocycles. The number of nitrogens with zero attached hydrogens (tertiary/aromatic N) is 4. The number of pyridine rings is 1. The quantitative estimate of drug-likeness (QED) is 0.420. The van der Waals surface area contributed by atoms with Gasteiger partial charge in [-0.2, -0.15) is 10.2 Å². The van der Waals surface area contributed by atoms with E-state index in [-0.39, 0.29) is 0 Å². The Morgan fingerprint density at radius 2 is 2.08 bits per heavy atom. The molecule has 0 radical (unpaired) electrons. The topological polar surface area (TPSA) is 67.1 Å². The SMILES string of the molecule is CNC(=S)N/N=C\c1cn(Cc2ccccc2)nc1-c1cccnc1. The molecule has 3 aromatic rings. The fraction of sp³-hybridized carbons (Fsp3) is 0.111. The van der Waals surface area contributed by atoms with Crippen LogP contribution in [0.4, 0.5) is 0 Å². The summed E-state index contributed by atoms with van der Waals surface area (Å²) >= 11 is 5.02. The zero-order chi connectivity index (χ0) is 17.5. The number of hydrogen-bond acceptors (Lipinski definition) is 4. The van der Waals surface area contributed by atoms with Crippen LogP contribution in [0.1, 0.15) is 11.1 Å². The molecular weight excluding hydrogens is 332 g/mol. The van der Waals surface area contributed by atoms with Crippen molar-refractivity contribution in [2.75, 3.05) is 7.05 Å². The van der Waals surface area contributed by atoms with Crippen molar-refractivity contribution in [2.45, 2.75) is 6.54 Å². The first-order valence-corrected chi connectivity index (χ1v) is 8.19. The molecule has 0 saturated carbocycles. The molecule has 0 saturated heterocycles. The Labute approximate surface area is 151 Å². The molecule has 7 heteroatoms. The van der Waals surface area contributed by atoms with E-state index in [4.69, 9.17) is 17.3 Å². The third kappa shape index (κ3) is 4.48. The smallest absolute Gasteiger partial charge is 0.186 e. The second-order valence-electron chi connectivity index (χ2n) is 5.31. The van der Waals surface area contributed by atoms with Crippen LogP contribution in [-0.4, -0.2) is 33.1 Å². The molecule has 0 spiro atoms. The number of hydrogen-bond donors (Lipinski definition) is 2. The molecule has 2 heterocycles. The lowest BCUT2D eigenvalue weighted by Gasteiger charge is -2.01. The van der Waals surface area contributed by atoms with Crippen LogP contribution in [-0.2, 0) is 6.54 Å². The molecule has 0 amide bonds. The van der Waals surface area contributed by atoms with E-state index in [0.29, 0.717) is 11.7 Å². The number of benzene rings is 1. The van der Waals surface area contributed by atoms with Gasteiger partial charge in [-0.1, -0.05) is 30.3 Å². The fourth-order valence-corrected chi connectivity index (χ4v) is 2.38. The largest absolute Gasteiger partial charge is 0.364 e. The van der Waals surface area contributed by atoms with Crippen molar-refractivity contribution in [2.24, 2.45) is 5.10 Å². The molecule has 1 aromatic carbocycles. The highest BCUT2D eigenvalue weighted by Crippen LogP contribution is 2.20. The maximum atomic E-state index is 5.02. The third-order valence-electron chi connectivity index (χ3n) is 3.51. The van der Waals surface area contributed by atoms with Gasteiger partial charge in [-0.15, -0.1) is 0 Å². The summed E-state index contributed by atoms with van der Waals surface area (Å²) in [5.41, 5.74) is 6.58. The Morgan fingerprint density at radius 3 is 2.80 bits per heavy atom. The second-order valence-corrected chi connectivity index (χ2v) is 5.72. The van der Waals surface area contributed by atoms with Gasteiger partial charge in [-0.05, 0) is 29.9 Å². The van der Waals surface area contributed by atoms with E-state index < -0.39 is 0 Å². The molecule has 0 atom stereocenters. The summed E-state index contributed by atoms with van der Waals surface area (Å²) in [6.07, 6.45) is 7.20. The molecule has 0 unspecified atom stereocenters. The molecule has 3 rings (SSSR count). The maximum Gasteiger partial charge on any atom is 0.186 e. The van der Waals surface area contributed by atoms with Crippen molar-refractivity contribution in [1.82, 2.24) is 25.5 Å². The Hall–Kier alpha value is -3.06. The van der Waals surface area contributed by atoms with Gasteiger partial charge in [0.25, 0.3) is 0 Å². The van der Waals surface area contributed by atoms with Gasteiger partial charge in [-0.25, -0.2) is 0 Å². The van der Waals surface area contributed by atoms with E-state index in [1.807, 2.05) is 41.2 Å². The first-order valence-electron chi connectivity index (χ1n) is 7.79. The van der Waals surface area contributed by atoms with Crippen molar-refractivity contribution in [3.63, 3.8) is 0 Å². The van der Waals surface area contributed by atoms with E-state index >= 15 is 0 Å². The number of aromatic nitrogens is 3. The molecule has 126 valence electrons. The average molecular weight is 350 g/mol. The van der Waals surface area contributed by atoms with Crippen LogP contribution in [0.2, 0.25) is 0 Å². The zero-order valence-electron chi connectivity index (χ0n) is 13.8. The van der Waals surface area contributed by atoms with E-state index in [2.05, 4.69) is 33.0 Å². The minimum Gasteiger partial charge on any atom is -0.364 e. The summed E-state index contributed by atoms with van der Waals surface area (Å²) in [6, 6.07) is 14.1. The predicted octanol–water partition coefficient (Wildman–Crippen LogP) is 2.42. The van der Waals surface area contributed by atoms with E-state index in [1.54, 1.807) is 25.7 Å². The van der Waals surface area contributed by atoms with Gasteiger partial charge in [-0.3, -0.25) is 15.1 Å². The van der Waals surface area contributed by atoms with Crippen LogP contribution >= 0.6 is 12.2 Å². The molecule has 0 fully saturated rings. The molecule has 6 nitrogen and oxygen atoms in total. The minimum atomic E-state index is 0.454. The van der Waals surface area contributed by atoms with Gasteiger partial charge >= 0.3 is 0 Å². The standard InChI is InChI=1S/C18H18N6S/c1-19-18(25)22-21-11-16-13-24(12-14-6-3-2-4-7-14)23-17(16)15-8-5-9-20-10-15/h2-11,13H,12H2,1H3,(H2,19,22,25)/b21-11-. The molecule has 2 N–H and O–H groups in total. The summed E-state index contributed by atoms with van der Waals surface area (Å²) in [6.45, 7) is 0.685. The number of thiocarbonyl (C=S) groups is 1. The zero-order valence-corrected chi connectivity index (χ0v) is 14.6. The average Bonchev–Trinajstić information content (AvgIpc) is 3.05. The molecule has 0 aliphatic carbocycles. The van der Waals surface area contributed by atoms with Crippen molar-refractivity contribution in [3.05, 3.63) is 72.2 Å². The van der Waals surface area contributed by atoms with E-state index in [0.717, 1.165) is 16.8 Å². The lowest BCUT2D eigenvalue weighted by molar-refractivity contribution is 0.689. The fourth-order valence-electron chi connectivity index (χ4n) is 2.33. The molecular formula is C18H18N6S. The van der Waals surface area contributed by atoms with Crippen LogP contribution in [0.15, 0.2) is 66.2 Å². The molecule has 0 aliphatic rings. The first kappa shape index (κ1) is 16.8. The highest BCUT2D eigenvalue weighted by Gasteiger charge is 2.10. The highest BCUT2D eigenvalue weighted by molar-refractivity contribution is 7.80. The van der Waals surface area contributed by atoms with Gasteiger partial charge < -0.3 is 5.32 Å². The van der Waals surface area contributed by atoms with E-state index in [9.17, 15) is 0 Å². The Morgan fingerprint density at radius 1 is 1.24 bits per heavy atom. The van der Waals surface area contributed by atoms with Crippen molar-refractivity contribution in [3.8, 4) is 11.3 Å². The number of rotatable bonds is 5. The summed E-state index contributed by atoms with van der Waals surface area (Å²) < 4.78 is 1.90. The Balaban J connectivity index is 1.90. The molecule has 0 aliphatic heterocycles. The summed E-state index contributed by atoms with van der Waals surface area (Å²) in [5.74, 6) is 0. The maximum absolute atomic E-state index is 5.02. The van der Waals surface area contributed by atoms with Crippen molar-refractivity contribution >= 4 is 23.5 Å². The van der Waals surface area contributed by atoms with Crippen LogP contribution in [0.25, 0.3) is 11.3 Å². The lowest BCUT2D eigenvalue weighted by atomic mass is 10.1. The van der Waals surface area contributed by atoms with Gasteiger partial charge in [0.15, 0.2) is 5.11 Å². The summed E-state index contributed by atoms with van der Waals surface area (Å²) in [7, 11) is 1.74. The van der Waals surface area contributed by atoms with Crippen LogP contribution in [0.5, 0.6) is 0 Å². The van der Waals surface area contributed by atoms with E-state index in [1.165, 1.54) is 5.56 Å². The molecule has 25 heavy (non-hydrogen) atoms. The number of hydrazone groups is 1. The van der Waals surface area contributed by atoms with Gasteiger partial charge in [0.1, 0.15) is 5.69 Å². The summed E-state index contributed by atoms with van der Waals surface area (Å²) in [4.78, 5) is 4.18. The first-order chi connectivity index (χ1) is 12.3. The van der Waals surface area contributed by atoms with Gasteiger partial charge in [0, 0.05) is 36.8 Å². The van der Waals surface area contributed by atoms with Gasteiger partial charge in [0.05, 0.1) is 12.8 Å². The normalized spacial score (nSPS) is 10.8. The predicted molar refractivity (Wildman–Crippen MR) is 103 cm³/mol. The molecule has 0 bridgehead atoms. The van der Waals surface area contributed by atoms with Crippen molar-refractivity contribution in [1.29, 1.82) is 0 Å². The second kappa shape index (κ2) is 8.16.